The fourth-order valence-corrected chi connectivity index (χ4v) is 3.58. The molecule has 1 aromatic carbocycles. The summed E-state index contributed by atoms with van der Waals surface area (Å²) in [4.78, 5) is 0. The number of nitrogens with zero attached hydrogens (tertiary/aromatic N) is 1. The van der Waals surface area contributed by atoms with E-state index in [1.165, 1.54) is 57.8 Å². The van der Waals surface area contributed by atoms with Crippen molar-refractivity contribution < 1.29 is 19.2 Å². The molecule has 0 fully saturated rings. The van der Waals surface area contributed by atoms with Crippen LogP contribution in [0.4, 0.5) is 0 Å². The fraction of sp³-hybridized carbons (Fsp3) is 0.640. The van der Waals surface area contributed by atoms with Crippen LogP contribution in [-0.2, 0) is 4.74 Å². The summed E-state index contributed by atoms with van der Waals surface area (Å²) >= 11 is 0. The Morgan fingerprint density at radius 2 is 1.59 bits per heavy atom. The minimum atomic E-state index is 0.145. The maximum Gasteiger partial charge on any atom is 0.362 e. The van der Waals surface area contributed by atoms with E-state index in [0.717, 1.165) is 36.8 Å². The largest absolute Gasteiger partial charge is 0.494 e. The highest BCUT2D eigenvalue weighted by molar-refractivity contribution is 5.88. The molecule has 1 aromatic rings. The van der Waals surface area contributed by atoms with Crippen molar-refractivity contribution in [3.05, 3.63) is 35.9 Å². The lowest BCUT2D eigenvalue weighted by Crippen LogP contribution is -2.18. The summed E-state index contributed by atoms with van der Waals surface area (Å²) in [6, 6.07) is 8.19. The summed E-state index contributed by atoms with van der Waals surface area (Å²) in [6.45, 7) is 5.36. The standard InChI is InChI=1S/C25H40NO3/c1-2-3-4-5-6-7-8-9-10-11-21-28-24-15-12-23(13-16-24)14-17-25-26(18-20-27)19-22-29-25/h12-17,27H,2-11,18-22H2,1H3/q+1/b17-14+. The topological polar surface area (TPSA) is 41.7 Å². The Bertz CT molecular complexity index is 607. The molecule has 0 saturated heterocycles. The van der Waals surface area contributed by atoms with Crippen LogP contribution in [0.2, 0.25) is 0 Å². The van der Waals surface area contributed by atoms with Crippen molar-refractivity contribution in [1.82, 2.24) is 0 Å². The molecule has 0 radical (unpaired) electrons. The molecule has 0 unspecified atom stereocenters. The molecule has 2 rings (SSSR count). The van der Waals surface area contributed by atoms with E-state index in [9.17, 15) is 0 Å². The molecule has 4 nitrogen and oxygen atoms in total. The van der Waals surface area contributed by atoms with E-state index in [4.69, 9.17) is 14.6 Å². The predicted molar refractivity (Wildman–Crippen MR) is 121 cm³/mol. The second-order valence-corrected chi connectivity index (χ2v) is 7.83. The highest BCUT2D eigenvalue weighted by Gasteiger charge is 2.20. The molecule has 1 aliphatic heterocycles. The first-order valence-corrected chi connectivity index (χ1v) is 11.6. The van der Waals surface area contributed by atoms with Crippen LogP contribution in [-0.4, -0.2) is 48.5 Å². The van der Waals surface area contributed by atoms with Gasteiger partial charge in [0.2, 0.25) is 0 Å². The third-order valence-electron chi connectivity index (χ3n) is 5.36. The van der Waals surface area contributed by atoms with Crippen molar-refractivity contribution >= 4 is 12.0 Å². The average Bonchev–Trinajstić information content (AvgIpc) is 3.19. The number of hydrogen-bond donors (Lipinski definition) is 1. The molecule has 0 bridgehead atoms. The van der Waals surface area contributed by atoms with Gasteiger partial charge in [0, 0.05) is 0 Å². The first-order valence-electron chi connectivity index (χ1n) is 11.6. The molecule has 1 heterocycles. The first kappa shape index (κ1) is 23.5. The molecular weight excluding hydrogens is 362 g/mol. The normalized spacial score (nSPS) is 14.0. The zero-order valence-corrected chi connectivity index (χ0v) is 18.3. The van der Waals surface area contributed by atoms with E-state index in [-0.39, 0.29) is 6.61 Å². The van der Waals surface area contributed by atoms with E-state index in [0.29, 0.717) is 13.2 Å². The number of β-amino-alcohol motifs (C(OH)–C–C–N with tert-alkyl or cyclic N) is 1. The SMILES string of the molecule is CCCCCCCCCCCCOc1ccc(/C=C/C2=[N+](CCO)CCO2)cc1. The smallest absolute Gasteiger partial charge is 0.362 e. The zero-order chi connectivity index (χ0) is 20.6. The number of aliphatic hydroxyl groups is 1. The van der Waals surface area contributed by atoms with Crippen LogP contribution in [0.1, 0.15) is 76.7 Å². The molecule has 0 aromatic heterocycles. The third-order valence-corrected chi connectivity index (χ3v) is 5.36. The summed E-state index contributed by atoms with van der Waals surface area (Å²) in [6.07, 6.45) is 17.4. The van der Waals surface area contributed by atoms with Crippen molar-refractivity contribution in [2.24, 2.45) is 0 Å². The van der Waals surface area contributed by atoms with Gasteiger partial charge in [-0.25, -0.2) is 0 Å². The lowest BCUT2D eigenvalue weighted by molar-refractivity contribution is -0.519. The summed E-state index contributed by atoms with van der Waals surface area (Å²) < 4.78 is 13.5. The Hall–Kier alpha value is -1.81. The molecule has 0 spiro atoms. The van der Waals surface area contributed by atoms with Gasteiger partial charge in [-0.05, 0) is 30.2 Å². The van der Waals surface area contributed by atoms with Gasteiger partial charge >= 0.3 is 5.90 Å². The maximum atomic E-state index is 9.09. The number of hydrogen-bond acceptors (Lipinski definition) is 3. The monoisotopic (exact) mass is 402 g/mol. The molecular formula is C25H40NO3+. The quantitative estimate of drug-likeness (QED) is 0.296. The lowest BCUT2D eigenvalue weighted by atomic mass is 10.1. The van der Waals surface area contributed by atoms with E-state index in [2.05, 4.69) is 23.6 Å². The molecule has 29 heavy (non-hydrogen) atoms. The summed E-state index contributed by atoms with van der Waals surface area (Å²) in [5, 5.41) is 9.09. The summed E-state index contributed by atoms with van der Waals surface area (Å²) in [7, 11) is 0. The van der Waals surface area contributed by atoms with Crippen LogP contribution < -0.4 is 4.74 Å². The second-order valence-electron chi connectivity index (χ2n) is 7.83. The Labute approximate surface area is 177 Å². The Kier molecular flexibility index (Phi) is 12.2. The fourth-order valence-electron chi connectivity index (χ4n) is 3.58. The molecule has 1 N–H and O–H groups in total. The van der Waals surface area contributed by atoms with Crippen molar-refractivity contribution in [2.45, 2.75) is 71.1 Å². The van der Waals surface area contributed by atoms with Crippen LogP contribution in [0.3, 0.4) is 0 Å². The van der Waals surface area contributed by atoms with Crippen molar-refractivity contribution in [1.29, 1.82) is 0 Å². The van der Waals surface area contributed by atoms with Crippen LogP contribution in [0.15, 0.2) is 30.3 Å². The highest BCUT2D eigenvalue weighted by atomic mass is 16.5. The summed E-state index contributed by atoms with van der Waals surface area (Å²) in [5.74, 6) is 1.77. The molecule has 1 aliphatic rings. The average molecular weight is 403 g/mol. The third kappa shape index (κ3) is 9.98. The van der Waals surface area contributed by atoms with Crippen LogP contribution >= 0.6 is 0 Å². The molecule has 0 aliphatic carbocycles. The van der Waals surface area contributed by atoms with Crippen LogP contribution in [0.25, 0.3) is 6.08 Å². The minimum absolute atomic E-state index is 0.145. The van der Waals surface area contributed by atoms with Gasteiger partial charge in [0.25, 0.3) is 0 Å². The Morgan fingerprint density at radius 1 is 0.931 bits per heavy atom. The van der Waals surface area contributed by atoms with Crippen LogP contribution in [0.5, 0.6) is 5.75 Å². The van der Waals surface area contributed by atoms with E-state index in [1.54, 1.807) is 0 Å². The van der Waals surface area contributed by atoms with E-state index < -0.39 is 0 Å². The highest BCUT2D eigenvalue weighted by Crippen LogP contribution is 2.15. The van der Waals surface area contributed by atoms with Gasteiger partial charge < -0.3 is 14.6 Å². The van der Waals surface area contributed by atoms with Gasteiger partial charge in [-0.1, -0.05) is 76.8 Å². The minimum Gasteiger partial charge on any atom is -0.494 e. The Morgan fingerprint density at radius 3 is 2.24 bits per heavy atom. The molecule has 0 atom stereocenters. The number of rotatable bonds is 16. The predicted octanol–water partition coefficient (Wildman–Crippen LogP) is 5.43. The number of ether oxygens (including phenoxy) is 2. The van der Waals surface area contributed by atoms with Gasteiger partial charge in [0.1, 0.15) is 12.4 Å². The van der Waals surface area contributed by atoms with Gasteiger partial charge in [-0.3, -0.25) is 0 Å². The van der Waals surface area contributed by atoms with E-state index >= 15 is 0 Å². The molecule has 0 amide bonds. The van der Waals surface area contributed by atoms with Gasteiger partial charge in [-0.2, -0.15) is 4.58 Å². The van der Waals surface area contributed by atoms with Gasteiger partial charge in [-0.15, -0.1) is 0 Å². The molecule has 162 valence electrons. The number of unbranched alkanes of at least 4 members (excludes halogenated alkanes) is 9. The Balaban J connectivity index is 1.56. The van der Waals surface area contributed by atoms with Gasteiger partial charge in [0.15, 0.2) is 19.7 Å². The lowest BCUT2D eigenvalue weighted by Gasteiger charge is -2.06. The van der Waals surface area contributed by atoms with Crippen molar-refractivity contribution in [3.63, 3.8) is 0 Å². The van der Waals surface area contributed by atoms with Crippen molar-refractivity contribution in [3.8, 4) is 5.75 Å². The zero-order valence-electron chi connectivity index (χ0n) is 18.3. The number of benzene rings is 1. The first-order chi connectivity index (χ1) is 14.3. The van der Waals surface area contributed by atoms with Crippen molar-refractivity contribution in [2.75, 3.05) is 32.9 Å². The van der Waals surface area contributed by atoms with Crippen LogP contribution in [0, 0.1) is 0 Å². The number of aliphatic hydroxyl groups excluding tert-OH is 1. The van der Waals surface area contributed by atoms with E-state index in [1.807, 2.05) is 24.3 Å². The summed E-state index contributed by atoms with van der Waals surface area (Å²) in [5.41, 5.74) is 1.11. The van der Waals surface area contributed by atoms with Gasteiger partial charge in [0.05, 0.1) is 12.7 Å². The second kappa shape index (κ2) is 15.1. The molecule has 0 saturated carbocycles. The maximum absolute atomic E-state index is 9.09. The molecule has 4 heteroatoms.